The normalized spacial score (nSPS) is 53.8. The van der Waals surface area contributed by atoms with Gasteiger partial charge in [0, 0.05) is 19.8 Å². The van der Waals surface area contributed by atoms with E-state index >= 15 is 0 Å². The molecule has 2 spiro atoms. The number of hydrogen-bond acceptors (Lipinski definition) is 16. The van der Waals surface area contributed by atoms with Crippen molar-refractivity contribution in [2.75, 3.05) is 13.2 Å². The van der Waals surface area contributed by atoms with Gasteiger partial charge >= 0.3 is 11.9 Å². The summed E-state index contributed by atoms with van der Waals surface area (Å²) < 4.78 is 43.6. The molecule has 5 aliphatic carbocycles. The number of aliphatic hydroxyl groups is 7. The molecule has 0 aromatic heterocycles. The van der Waals surface area contributed by atoms with E-state index in [0.717, 1.165) is 32.1 Å². The minimum absolute atomic E-state index is 0.0638. The molecule has 0 amide bonds. The number of fused-ring (bicyclic) bond motifs is 2. The third-order valence-electron chi connectivity index (χ3n) is 18.2. The topological polar surface area (TPSA) is 240 Å². The molecule has 8 fully saturated rings. The van der Waals surface area contributed by atoms with E-state index in [0.29, 0.717) is 25.7 Å². The Morgan fingerprint density at radius 1 is 0.754 bits per heavy atom. The second kappa shape index (κ2) is 15.3. The van der Waals surface area contributed by atoms with Crippen molar-refractivity contribution < 1.29 is 78.5 Å². The molecular formula is C45H72O16. The molecule has 16 nitrogen and oxygen atoms in total. The van der Waals surface area contributed by atoms with Gasteiger partial charge in [0.05, 0.1) is 48.8 Å². The molecule has 8 aliphatic rings. The Hall–Kier alpha value is -1.54. The quantitative estimate of drug-likeness (QED) is 0.129. The summed E-state index contributed by atoms with van der Waals surface area (Å²) in [6, 6.07) is 0. The number of hydrogen-bond donors (Lipinski definition) is 7. The summed E-state index contributed by atoms with van der Waals surface area (Å²) in [7, 11) is 0. The Labute approximate surface area is 358 Å². The third kappa shape index (κ3) is 6.89. The minimum atomic E-state index is -1.63. The summed E-state index contributed by atoms with van der Waals surface area (Å²) in [5.41, 5.74) is -3.46. The lowest BCUT2D eigenvalue weighted by Crippen LogP contribution is -2.65. The Balaban J connectivity index is 1.15. The van der Waals surface area contributed by atoms with Crippen molar-refractivity contribution in [2.24, 2.45) is 44.8 Å². The van der Waals surface area contributed by atoms with Crippen LogP contribution in [0.5, 0.6) is 0 Å². The second-order valence-electron chi connectivity index (χ2n) is 22.2. The fourth-order valence-electron chi connectivity index (χ4n) is 15.5. The number of rotatable bonds is 9. The van der Waals surface area contributed by atoms with Crippen molar-refractivity contribution in [1.82, 2.24) is 0 Å². The van der Waals surface area contributed by atoms with Crippen LogP contribution in [-0.4, -0.2) is 152 Å². The van der Waals surface area contributed by atoms with Crippen LogP contribution >= 0.6 is 0 Å². The first-order valence-corrected chi connectivity index (χ1v) is 22.6. The lowest BCUT2D eigenvalue weighted by Gasteiger charge is -2.65. The van der Waals surface area contributed by atoms with E-state index in [2.05, 4.69) is 34.6 Å². The first-order chi connectivity index (χ1) is 28.3. The lowest BCUT2D eigenvalue weighted by atomic mass is 9.41. The van der Waals surface area contributed by atoms with Crippen molar-refractivity contribution in [3.63, 3.8) is 0 Å². The van der Waals surface area contributed by atoms with Gasteiger partial charge in [-0.1, -0.05) is 27.7 Å². The lowest BCUT2D eigenvalue weighted by molar-refractivity contribution is -0.339. The predicted octanol–water partition coefficient (Wildman–Crippen LogP) is 1.87. The summed E-state index contributed by atoms with van der Waals surface area (Å²) in [6.45, 7) is 16.1. The van der Waals surface area contributed by atoms with Gasteiger partial charge in [-0.3, -0.25) is 9.59 Å². The fourth-order valence-corrected chi connectivity index (χ4v) is 15.5. The van der Waals surface area contributed by atoms with Crippen LogP contribution < -0.4 is 0 Å². The standard InChI is InChI=1S/C45H72O16/c1-21(47)56-33-24(50)19-55-38(34(33)57-22(2)48)60-28-11-13-45-20-44(45)15-14-41(7)35(43(9)12-10-29(61-43)40(5,6)54)23(49)17-42(41,8)27(44)16-25(36(45)39(28,3)4)58-37-32(53)31(52)30(51)26(18-46)59-37/h23-38,46,49-54H,10-20H2,1-9H3/t23-,24-,25+,26-,27?,28+,29+,30-,31+,32-,33+,34-,35+,36?,37-,38+,41-,42+,43-,44+,45-/m1/s1. The zero-order chi connectivity index (χ0) is 44.6. The first kappa shape index (κ1) is 46.0. The molecule has 0 bridgehead atoms. The van der Waals surface area contributed by atoms with Crippen molar-refractivity contribution in [1.29, 1.82) is 0 Å². The van der Waals surface area contributed by atoms with Crippen molar-refractivity contribution in [2.45, 2.75) is 211 Å². The van der Waals surface area contributed by atoms with E-state index < -0.39 is 109 Å². The van der Waals surface area contributed by atoms with Crippen LogP contribution in [0.25, 0.3) is 0 Å². The Kier molecular flexibility index (Phi) is 11.5. The van der Waals surface area contributed by atoms with E-state index in [1.807, 2.05) is 0 Å². The van der Waals surface area contributed by atoms with Gasteiger partial charge in [-0.25, -0.2) is 0 Å². The molecule has 3 heterocycles. The van der Waals surface area contributed by atoms with Gasteiger partial charge in [-0.15, -0.1) is 0 Å². The van der Waals surface area contributed by atoms with Crippen LogP contribution in [0.15, 0.2) is 0 Å². The van der Waals surface area contributed by atoms with Crippen LogP contribution in [-0.2, 0) is 42.7 Å². The number of carbonyl (C=O) groups is 2. The summed E-state index contributed by atoms with van der Waals surface area (Å²) in [5, 5.41) is 77.1. The number of carbonyl (C=O) groups excluding carboxylic acids is 2. The largest absolute Gasteiger partial charge is 0.455 e. The smallest absolute Gasteiger partial charge is 0.303 e. The van der Waals surface area contributed by atoms with Gasteiger partial charge in [0.15, 0.2) is 24.8 Å². The highest BCUT2D eigenvalue weighted by Gasteiger charge is 2.85. The van der Waals surface area contributed by atoms with Gasteiger partial charge in [0.1, 0.15) is 30.5 Å². The maximum atomic E-state index is 12.4. The van der Waals surface area contributed by atoms with E-state index in [1.54, 1.807) is 13.8 Å². The first-order valence-electron chi connectivity index (χ1n) is 22.6. The van der Waals surface area contributed by atoms with Gasteiger partial charge in [0.25, 0.3) is 0 Å². The molecule has 61 heavy (non-hydrogen) atoms. The third-order valence-corrected chi connectivity index (χ3v) is 18.2. The van der Waals surface area contributed by atoms with Crippen molar-refractivity contribution in [3.05, 3.63) is 0 Å². The van der Waals surface area contributed by atoms with Crippen molar-refractivity contribution >= 4 is 11.9 Å². The maximum Gasteiger partial charge on any atom is 0.303 e. The van der Waals surface area contributed by atoms with Crippen LogP contribution in [0.3, 0.4) is 0 Å². The summed E-state index contributed by atoms with van der Waals surface area (Å²) in [4.78, 5) is 24.5. The minimum Gasteiger partial charge on any atom is -0.455 e. The van der Waals surface area contributed by atoms with Gasteiger partial charge < -0.3 is 68.9 Å². The fraction of sp³-hybridized carbons (Fsp3) is 0.956. The number of ether oxygens (including phenoxy) is 7. The summed E-state index contributed by atoms with van der Waals surface area (Å²) in [6.07, 6.45) is -7.80. The van der Waals surface area contributed by atoms with E-state index in [9.17, 15) is 45.3 Å². The number of esters is 2. The molecular weight excluding hydrogens is 796 g/mol. The monoisotopic (exact) mass is 868 g/mol. The summed E-state index contributed by atoms with van der Waals surface area (Å²) in [5.74, 6) is -1.67. The molecule has 5 saturated carbocycles. The molecule has 2 unspecified atom stereocenters. The molecule has 0 aromatic carbocycles. The molecule has 0 radical (unpaired) electrons. The average Bonchev–Trinajstić information content (AvgIpc) is 3.52. The Morgan fingerprint density at radius 3 is 2.05 bits per heavy atom. The van der Waals surface area contributed by atoms with Gasteiger partial charge in [-0.05, 0) is 117 Å². The molecule has 0 aromatic rings. The molecule has 7 N–H and O–H groups in total. The predicted molar refractivity (Wildman–Crippen MR) is 213 cm³/mol. The van der Waals surface area contributed by atoms with E-state index in [-0.39, 0.29) is 52.1 Å². The second-order valence-corrected chi connectivity index (χ2v) is 22.2. The molecule has 3 saturated heterocycles. The molecule has 348 valence electrons. The Morgan fingerprint density at radius 2 is 1.43 bits per heavy atom. The Bertz CT molecular complexity index is 1680. The maximum absolute atomic E-state index is 12.4. The molecule has 16 heteroatoms. The van der Waals surface area contributed by atoms with Crippen LogP contribution in [0.2, 0.25) is 0 Å². The SMILES string of the molecule is CC(=O)O[C@@H]1[C@@H](OC(C)=O)[C@H](O[C@H]2CC[C@]34C[C@]35CC[C@]3(C)[C@@H]([C@@]6(C)CC[C@@H](C(C)(C)O)O6)[C@H](O)C[C@@]3(C)C5C[C@H](O[C@@H]3O[C@H](CO)[C@@H](O)[C@H](O)[C@H]3O)C4C2(C)C)OC[C@H]1O. The average molecular weight is 869 g/mol. The molecule has 3 aliphatic heterocycles. The van der Waals surface area contributed by atoms with E-state index in [4.69, 9.17) is 33.2 Å². The van der Waals surface area contributed by atoms with Crippen LogP contribution in [0.4, 0.5) is 0 Å². The zero-order valence-corrected chi connectivity index (χ0v) is 37.3. The number of aliphatic hydroxyl groups excluding tert-OH is 6. The van der Waals surface area contributed by atoms with E-state index in [1.165, 1.54) is 13.8 Å². The van der Waals surface area contributed by atoms with Gasteiger partial charge in [0.2, 0.25) is 0 Å². The van der Waals surface area contributed by atoms with Crippen molar-refractivity contribution in [3.8, 4) is 0 Å². The highest BCUT2D eigenvalue weighted by Crippen LogP contribution is 2.89. The van der Waals surface area contributed by atoms with Gasteiger partial charge in [-0.2, -0.15) is 0 Å². The molecule has 21 atom stereocenters. The zero-order valence-electron chi connectivity index (χ0n) is 37.3. The molecule has 8 rings (SSSR count). The highest BCUT2D eigenvalue weighted by atomic mass is 16.7. The van der Waals surface area contributed by atoms with Crippen LogP contribution in [0.1, 0.15) is 120 Å². The highest BCUT2D eigenvalue weighted by molar-refractivity contribution is 5.67. The van der Waals surface area contributed by atoms with Crippen LogP contribution in [0, 0.1) is 44.8 Å². The summed E-state index contributed by atoms with van der Waals surface area (Å²) >= 11 is 0.